The van der Waals surface area contributed by atoms with Crippen LogP contribution in [0, 0.1) is 5.92 Å². The molecule has 0 aromatic heterocycles. The topological polar surface area (TPSA) is 29.1 Å². The van der Waals surface area contributed by atoms with Crippen LogP contribution < -0.4 is 5.32 Å². The molecule has 0 spiro atoms. The minimum atomic E-state index is 0.210. The molecule has 1 aromatic rings. The van der Waals surface area contributed by atoms with Crippen LogP contribution in [0.1, 0.15) is 37.7 Å². The summed E-state index contributed by atoms with van der Waals surface area (Å²) in [6.07, 6.45) is 6.69. The lowest BCUT2D eigenvalue weighted by atomic mass is 10.1. The van der Waals surface area contributed by atoms with Crippen LogP contribution in [-0.4, -0.2) is 12.5 Å². The first-order valence-electron chi connectivity index (χ1n) is 6.65. The lowest BCUT2D eigenvalue weighted by Crippen LogP contribution is -2.25. The van der Waals surface area contributed by atoms with Crippen LogP contribution >= 0.6 is 0 Å². The van der Waals surface area contributed by atoms with E-state index in [9.17, 15) is 4.79 Å². The number of rotatable bonds is 7. The Labute approximate surface area is 103 Å². The largest absolute Gasteiger partial charge is 0.356 e. The van der Waals surface area contributed by atoms with Crippen LogP contribution in [0.4, 0.5) is 0 Å². The summed E-state index contributed by atoms with van der Waals surface area (Å²) in [5.74, 6) is 1.15. The molecule has 17 heavy (non-hydrogen) atoms. The standard InChI is InChI=1S/C15H21NO/c17-15(8-4-7-14-9-10-14)16-12-11-13-5-2-1-3-6-13/h1-3,5-6,14H,4,7-12H2,(H,16,17). The van der Waals surface area contributed by atoms with Crippen molar-refractivity contribution in [1.82, 2.24) is 5.32 Å². The molecule has 2 heteroatoms. The van der Waals surface area contributed by atoms with Crippen molar-refractivity contribution in [2.45, 2.75) is 38.5 Å². The third kappa shape index (κ3) is 5.03. The highest BCUT2D eigenvalue weighted by Crippen LogP contribution is 2.33. The average molecular weight is 231 g/mol. The molecule has 0 bridgehead atoms. The van der Waals surface area contributed by atoms with Gasteiger partial charge in [0, 0.05) is 13.0 Å². The average Bonchev–Trinajstić information content (AvgIpc) is 3.14. The van der Waals surface area contributed by atoms with Crippen molar-refractivity contribution in [3.05, 3.63) is 35.9 Å². The number of nitrogens with one attached hydrogen (secondary N) is 1. The van der Waals surface area contributed by atoms with E-state index in [1.165, 1.54) is 24.8 Å². The zero-order valence-electron chi connectivity index (χ0n) is 10.3. The summed E-state index contributed by atoms with van der Waals surface area (Å²) in [7, 11) is 0. The van der Waals surface area contributed by atoms with Gasteiger partial charge in [-0.2, -0.15) is 0 Å². The Kier molecular flexibility index (Phi) is 4.60. The molecular formula is C15H21NO. The van der Waals surface area contributed by atoms with E-state index in [4.69, 9.17) is 0 Å². The quantitative estimate of drug-likeness (QED) is 0.768. The first-order chi connectivity index (χ1) is 8.34. The second-order valence-corrected chi connectivity index (χ2v) is 4.92. The van der Waals surface area contributed by atoms with Crippen LogP contribution in [0.15, 0.2) is 30.3 Å². The number of hydrogen-bond acceptors (Lipinski definition) is 1. The highest BCUT2D eigenvalue weighted by atomic mass is 16.1. The van der Waals surface area contributed by atoms with Crippen LogP contribution in [0.25, 0.3) is 0 Å². The van der Waals surface area contributed by atoms with Crippen molar-refractivity contribution in [3.63, 3.8) is 0 Å². The van der Waals surface area contributed by atoms with Gasteiger partial charge in [0.05, 0.1) is 0 Å². The van der Waals surface area contributed by atoms with E-state index in [0.29, 0.717) is 6.42 Å². The summed E-state index contributed by atoms with van der Waals surface area (Å²) in [6, 6.07) is 10.3. The molecule has 92 valence electrons. The van der Waals surface area contributed by atoms with Crippen molar-refractivity contribution in [3.8, 4) is 0 Å². The molecule has 1 saturated carbocycles. The molecule has 2 nitrogen and oxygen atoms in total. The molecule has 1 aliphatic rings. The Morgan fingerprint density at radius 1 is 1.24 bits per heavy atom. The maximum atomic E-state index is 11.5. The van der Waals surface area contributed by atoms with Crippen LogP contribution in [0.5, 0.6) is 0 Å². The van der Waals surface area contributed by atoms with Crippen LogP contribution in [0.3, 0.4) is 0 Å². The van der Waals surface area contributed by atoms with Gasteiger partial charge >= 0.3 is 0 Å². The number of carbonyl (C=O) groups excluding carboxylic acids is 1. The Morgan fingerprint density at radius 2 is 2.00 bits per heavy atom. The summed E-state index contributed by atoms with van der Waals surface area (Å²) in [6.45, 7) is 0.756. The minimum Gasteiger partial charge on any atom is -0.356 e. The van der Waals surface area contributed by atoms with E-state index in [-0.39, 0.29) is 5.91 Å². The zero-order chi connectivity index (χ0) is 11.9. The molecule has 0 unspecified atom stereocenters. The second kappa shape index (κ2) is 6.43. The Hall–Kier alpha value is -1.31. The van der Waals surface area contributed by atoms with Gasteiger partial charge in [0.25, 0.3) is 0 Å². The highest BCUT2D eigenvalue weighted by Gasteiger charge is 2.20. The zero-order valence-corrected chi connectivity index (χ0v) is 10.3. The van der Waals surface area contributed by atoms with Gasteiger partial charge in [-0.25, -0.2) is 0 Å². The molecule has 1 aromatic carbocycles. The molecule has 1 amide bonds. The molecule has 0 radical (unpaired) electrons. The fourth-order valence-electron chi connectivity index (χ4n) is 2.04. The monoisotopic (exact) mass is 231 g/mol. The predicted molar refractivity (Wildman–Crippen MR) is 69.7 cm³/mol. The lowest BCUT2D eigenvalue weighted by molar-refractivity contribution is -0.121. The molecular weight excluding hydrogens is 210 g/mol. The Bertz CT molecular complexity index is 343. The summed E-state index contributed by atoms with van der Waals surface area (Å²) in [4.78, 5) is 11.5. The van der Waals surface area contributed by atoms with E-state index in [1.54, 1.807) is 0 Å². The van der Waals surface area contributed by atoms with Crippen molar-refractivity contribution in [1.29, 1.82) is 0 Å². The summed E-state index contributed by atoms with van der Waals surface area (Å²) < 4.78 is 0. The minimum absolute atomic E-state index is 0.210. The molecule has 1 aliphatic carbocycles. The predicted octanol–water partition coefficient (Wildman–Crippen LogP) is 2.93. The molecule has 0 atom stereocenters. The number of benzene rings is 1. The van der Waals surface area contributed by atoms with E-state index in [1.807, 2.05) is 18.2 Å². The lowest BCUT2D eigenvalue weighted by Gasteiger charge is -2.05. The Morgan fingerprint density at radius 3 is 2.71 bits per heavy atom. The van der Waals surface area contributed by atoms with Gasteiger partial charge in [0.1, 0.15) is 0 Å². The van der Waals surface area contributed by atoms with Gasteiger partial charge in [0.15, 0.2) is 0 Å². The number of carbonyl (C=O) groups is 1. The summed E-state index contributed by atoms with van der Waals surface area (Å²) in [5, 5.41) is 2.99. The molecule has 0 heterocycles. The van der Waals surface area contributed by atoms with E-state index in [2.05, 4.69) is 17.4 Å². The van der Waals surface area contributed by atoms with Gasteiger partial charge in [-0.1, -0.05) is 43.2 Å². The van der Waals surface area contributed by atoms with Gasteiger partial charge in [0.2, 0.25) is 5.91 Å². The van der Waals surface area contributed by atoms with Gasteiger partial charge < -0.3 is 5.32 Å². The van der Waals surface area contributed by atoms with Crippen molar-refractivity contribution in [2.75, 3.05) is 6.54 Å². The molecule has 0 saturated heterocycles. The third-order valence-electron chi connectivity index (χ3n) is 3.29. The van der Waals surface area contributed by atoms with Gasteiger partial charge in [-0.3, -0.25) is 4.79 Å². The normalized spacial score (nSPS) is 14.6. The third-order valence-corrected chi connectivity index (χ3v) is 3.29. The maximum absolute atomic E-state index is 11.5. The van der Waals surface area contributed by atoms with Crippen LogP contribution in [0.2, 0.25) is 0 Å². The smallest absolute Gasteiger partial charge is 0.220 e. The van der Waals surface area contributed by atoms with Crippen molar-refractivity contribution >= 4 is 5.91 Å². The Balaban J connectivity index is 1.53. The molecule has 1 N–H and O–H groups in total. The molecule has 0 aliphatic heterocycles. The summed E-state index contributed by atoms with van der Waals surface area (Å²) in [5.41, 5.74) is 1.28. The number of amides is 1. The first-order valence-corrected chi connectivity index (χ1v) is 6.65. The van der Waals surface area contributed by atoms with Crippen LogP contribution in [-0.2, 0) is 11.2 Å². The SMILES string of the molecule is O=C(CCCC1CC1)NCCc1ccccc1. The van der Waals surface area contributed by atoms with Gasteiger partial charge in [-0.15, -0.1) is 0 Å². The fraction of sp³-hybridized carbons (Fsp3) is 0.533. The van der Waals surface area contributed by atoms with E-state index in [0.717, 1.165) is 25.3 Å². The second-order valence-electron chi connectivity index (χ2n) is 4.92. The molecule has 2 rings (SSSR count). The maximum Gasteiger partial charge on any atom is 0.220 e. The highest BCUT2D eigenvalue weighted by molar-refractivity contribution is 5.75. The fourth-order valence-corrected chi connectivity index (χ4v) is 2.04. The van der Waals surface area contributed by atoms with E-state index < -0.39 is 0 Å². The van der Waals surface area contributed by atoms with Crippen molar-refractivity contribution < 1.29 is 4.79 Å². The van der Waals surface area contributed by atoms with Crippen molar-refractivity contribution in [2.24, 2.45) is 5.92 Å². The number of hydrogen-bond donors (Lipinski definition) is 1. The molecule has 1 fully saturated rings. The van der Waals surface area contributed by atoms with E-state index >= 15 is 0 Å². The first kappa shape index (κ1) is 12.2. The van der Waals surface area contributed by atoms with Gasteiger partial charge in [-0.05, 0) is 30.7 Å². The summed E-state index contributed by atoms with van der Waals surface area (Å²) >= 11 is 0.